The molecule has 0 unspecified atom stereocenters. The van der Waals surface area contributed by atoms with Crippen molar-refractivity contribution in [1.82, 2.24) is 5.32 Å². The Balaban J connectivity index is 2.64. The first kappa shape index (κ1) is 8.83. The van der Waals surface area contributed by atoms with Crippen molar-refractivity contribution in [1.29, 1.82) is 0 Å². The molecule has 0 radical (unpaired) electrons. The van der Waals surface area contributed by atoms with Gasteiger partial charge in [-0.3, -0.25) is 0 Å². The highest BCUT2D eigenvalue weighted by Gasteiger charge is 2.48. The van der Waals surface area contributed by atoms with Crippen LogP contribution >= 0.6 is 0 Å². The van der Waals surface area contributed by atoms with Gasteiger partial charge in [0.25, 0.3) is 5.92 Å². The second kappa shape index (κ2) is 3.00. The highest BCUT2D eigenvalue weighted by molar-refractivity contribution is 4.90. The van der Waals surface area contributed by atoms with Crippen LogP contribution in [0.25, 0.3) is 0 Å². The summed E-state index contributed by atoms with van der Waals surface area (Å²) in [6.45, 7) is -0.652. The fraction of sp³-hybridized carbons (Fsp3) is 1.00. The van der Waals surface area contributed by atoms with Gasteiger partial charge in [0, 0.05) is 13.1 Å². The van der Waals surface area contributed by atoms with Gasteiger partial charge in [-0.05, 0) is 0 Å². The lowest BCUT2D eigenvalue weighted by Gasteiger charge is -2.34. The maximum absolute atomic E-state index is 12.8. The number of piperidine rings is 1. The minimum Gasteiger partial charge on any atom is -0.396 e. The molecule has 0 saturated carbocycles. The van der Waals surface area contributed by atoms with Gasteiger partial charge in [-0.1, -0.05) is 0 Å². The van der Waals surface area contributed by atoms with Gasteiger partial charge >= 0.3 is 0 Å². The number of hydrogen-bond donors (Lipinski definition) is 3. The molecule has 1 heterocycles. The van der Waals surface area contributed by atoms with Gasteiger partial charge in [-0.2, -0.15) is 0 Å². The number of aliphatic hydroxyl groups excluding tert-OH is 2. The number of hydrogen-bond acceptors (Lipinski definition) is 3. The molecular formula is C6H11F2NO2. The lowest BCUT2D eigenvalue weighted by Crippen LogP contribution is -2.56. The molecule has 66 valence electrons. The zero-order valence-electron chi connectivity index (χ0n) is 5.93. The van der Waals surface area contributed by atoms with E-state index < -0.39 is 24.6 Å². The number of nitrogens with one attached hydrogen (secondary N) is 1. The van der Waals surface area contributed by atoms with Crippen LogP contribution in [0.2, 0.25) is 0 Å². The SMILES string of the molecule is OC[C@H]1CNC[C@@H](O)C1(F)F. The molecule has 2 atom stereocenters. The average Bonchev–Trinajstić information content (AvgIpc) is 1.95. The standard InChI is InChI=1S/C6H11F2NO2/c7-6(8)4(3-10)1-9-2-5(6)11/h4-5,9-11H,1-3H2/t4-,5-/m1/s1. The van der Waals surface area contributed by atoms with Crippen molar-refractivity contribution in [3.05, 3.63) is 0 Å². The molecule has 5 heteroatoms. The number of aliphatic hydroxyl groups is 2. The van der Waals surface area contributed by atoms with E-state index in [-0.39, 0.29) is 13.1 Å². The number of alkyl halides is 2. The summed E-state index contributed by atoms with van der Waals surface area (Å²) in [7, 11) is 0. The average molecular weight is 167 g/mol. The van der Waals surface area contributed by atoms with Crippen LogP contribution in [0.4, 0.5) is 8.78 Å². The zero-order chi connectivity index (χ0) is 8.48. The third-order valence-corrected chi connectivity index (χ3v) is 1.94. The van der Waals surface area contributed by atoms with Crippen LogP contribution in [0.3, 0.4) is 0 Å². The highest BCUT2D eigenvalue weighted by atomic mass is 19.3. The summed E-state index contributed by atoms with van der Waals surface area (Å²) in [5.74, 6) is -4.31. The molecule has 1 saturated heterocycles. The van der Waals surface area contributed by atoms with Crippen molar-refractivity contribution in [3.8, 4) is 0 Å². The van der Waals surface area contributed by atoms with Gasteiger partial charge < -0.3 is 15.5 Å². The van der Waals surface area contributed by atoms with Gasteiger partial charge in [0.05, 0.1) is 12.5 Å². The first-order valence-corrected chi connectivity index (χ1v) is 3.46. The van der Waals surface area contributed by atoms with Gasteiger partial charge in [0.15, 0.2) is 0 Å². The Kier molecular flexibility index (Phi) is 2.41. The van der Waals surface area contributed by atoms with Crippen molar-refractivity contribution in [2.45, 2.75) is 12.0 Å². The topological polar surface area (TPSA) is 52.5 Å². The van der Waals surface area contributed by atoms with Gasteiger partial charge in [-0.15, -0.1) is 0 Å². The Morgan fingerprint density at radius 1 is 1.45 bits per heavy atom. The predicted octanol–water partition coefficient (Wildman–Crippen LogP) is -0.806. The van der Waals surface area contributed by atoms with E-state index in [2.05, 4.69) is 5.32 Å². The van der Waals surface area contributed by atoms with E-state index in [0.29, 0.717) is 0 Å². The Morgan fingerprint density at radius 3 is 2.55 bits per heavy atom. The van der Waals surface area contributed by atoms with Crippen LogP contribution in [-0.2, 0) is 0 Å². The van der Waals surface area contributed by atoms with Crippen molar-refractivity contribution in [3.63, 3.8) is 0 Å². The molecule has 0 spiro atoms. The molecule has 1 aliphatic heterocycles. The van der Waals surface area contributed by atoms with Crippen LogP contribution < -0.4 is 5.32 Å². The second-order valence-electron chi connectivity index (χ2n) is 2.73. The van der Waals surface area contributed by atoms with Crippen molar-refractivity contribution >= 4 is 0 Å². The lowest BCUT2D eigenvalue weighted by atomic mass is 9.94. The molecule has 1 rings (SSSR count). The molecule has 1 aliphatic rings. The first-order chi connectivity index (χ1) is 5.09. The number of rotatable bonds is 1. The van der Waals surface area contributed by atoms with E-state index in [0.717, 1.165) is 0 Å². The minimum atomic E-state index is -3.15. The third kappa shape index (κ3) is 1.50. The lowest BCUT2D eigenvalue weighted by molar-refractivity contribution is -0.168. The summed E-state index contributed by atoms with van der Waals surface area (Å²) in [4.78, 5) is 0. The second-order valence-corrected chi connectivity index (χ2v) is 2.73. The molecule has 0 amide bonds. The third-order valence-electron chi connectivity index (χ3n) is 1.94. The van der Waals surface area contributed by atoms with E-state index in [1.807, 2.05) is 0 Å². The fourth-order valence-corrected chi connectivity index (χ4v) is 1.12. The van der Waals surface area contributed by atoms with Crippen LogP contribution in [0.1, 0.15) is 0 Å². The quantitative estimate of drug-likeness (QED) is 0.479. The molecule has 0 aromatic carbocycles. The van der Waals surface area contributed by atoms with E-state index in [1.54, 1.807) is 0 Å². The Bertz CT molecular complexity index is 143. The smallest absolute Gasteiger partial charge is 0.280 e. The van der Waals surface area contributed by atoms with Crippen LogP contribution in [-0.4, -0.2) is 41.9 Å². The van der Waals surface area contributed by atoms with Crippen LogP contribution in [0.15, 0.2) is 0 Å². The highest BCUT2D eigenvalue weighted by Crippen LogP contribution is 2.30. The molecule has 1 fully saturated rings. The van der Waals surface area contributed by atoms with Crippen LogP contribution in [0.5, 0.6) is 0 Å². The molecule has 3 nitrogen and oxygen atoms in total. The van der Waals surface area contributed by atoms with Gasteiger partial charge in [0.1, 0.15) is 6.10 Å². The van der Waals surface area contributed by atoms with Crippen molar-refractivity contribution in [2.24, 2.45) is 5.92 Å². The molecule has 0 aromatic heterocycles. The van der Waals surface area contributed by atoms with Crippen molar-refractivity contribution in [2.75, 3.05) is 19.7 Å². The van der Waals surface area contributed by atoms with Gasteiger partial charge in [-0.25, -0.2) is 8.78 Å². The summed E-state index contributed by atoms with van der Waals surface area (Å²) in [5.41, 5.74) is 0. The summed E-state index contributed by atoms with van der Waals surface area (Å²) < 4.78 is 25.6. The molecule has 0 aromatic rings. The van der Waals surface area contributed by atoms with E-state index in [9.17, 15) is 8.78 Å². The molecule has 3 N–H and O–H groups in total. The Morgan fingerprint density at radius 2 is 2.09 bits per heavy atom. The molecule has 0 bridgehead atoms. The predicted molar refractivity (Wildman–Crippen MR) is 34.4 cm³/mol. The van der Waals surface area contributed by atoms with Crippen molar-refractivity contribution < 1.29 is 19.0 Å². The Labute approximate surface area is 63.0 Å². The zero-order valence-corrected chi connectivity index (χ0v) is 5.93. The minimum absolute atomic E-state index is 0.0561. The maximum atomic E-state index is 12.8. The number of β-amino-alcohol motifs (C(OH)–C–C–N with tert-alkyl or cyclic N) is 1. The number of halogens is 2. The molecule has 0 aliphatic carbocycles. The van der Waals surface area contributed by atoms with Crippen LogP contribution in [0, 0.1) is 5.92 Å². The van der Waals surface area contributed by atoms with Gasteiger partial charge in [0.2, 0.25) is 0 Å². The molecular weight excluding hydrogens is 156 g/mol. The summed E-state index contributed by atoms with van der Waals surface area (Å²) in [6, 6.07) is 0. The Hall–Kier alpha value is -0.260. The first-order valence-electron chi connectivity index (χ1n) is 3.46. The normalized spacial score (nSPS) is 37.1. The largest absolute Gasteiger partial charge is 0.396 e. The van der Waals surface area contributed by atoms with E-state index >= 15 is 0 Å². The fourth-order valence-electron chi connectivity index (χ4n) is 1.12. The summed E-state index contributed by atoms with van der Waals surface area (Å²) in [6.07, 6.45) is -1.67. The molecule has 11 heavy (non-hydrogen) atoms. The monoisotopic (exact) mass is 167 g/mol. The summed E-state index contributed by atoms with van der Waals surface area (Å²) in [5, 5.41) is 19.9. The summed E-state index contributed by atoms with van der Waals surface area (Å²) >= 11 is 0. The maximum Gasteiger partial charge on any atom is 0.280 e. The van der Waals surface area contributed by atoms with E-state index in [1.165, 1.54) is 0 Å². The van der Waals surface area contributed by atoms with E-state index in [4.69, 9.17) is 10.2 Å².